The minimum Gasteiger partial charge on any atom is -0.448 e. The minimum absolute atomic E-state index is 0.661. The van der Waals surface area contributed by atoms with Crippen molar-refractivity contribution in [2.45, 2.75) is 17.8 Å². The average molecular weight is 456 g/mol. The van der Waals surface area contributed by atoms with Crippen molar-refractivity contribution in [2.75, 3.05) is 0 Å². The second kappa shape index (κ2) is 7.46. The summed E-state index contributed by atoms with van der Waals surface area (Å²) in [6, 6.07) is 11.9. The lowest BCUT2D eigenvalue weighted by molar-refractivity contribution is 0.533. The van der Waals surface area contributed by atoms with Crippen molar-refractivity contribution >= 4 is 49.8 Å². The van der Waals surface area contributed by atoms with Crippen LogP contribution in [-0.2, 0) is 5.75 Å². The van der Waals surface area contributed by atoms with E-state index in [1.807, 2.05) is 31.2 Å². The summed E-state index contributed by atoms with van der Waals surface area (Å²) in [5.41, 5.74) is 1.21. The normalized spacial score (nSPS) is 11.4. The SMILES string of the molecule is Cc1nnc(SCc2ccc(Br)cc2)n1/N=C\c1ccc(Br)o1. The van der Waals surface area contributed by atoms with Crippen molar-refractivity contribution in [3.05, 3.63) is 62.7 Å². The lowest BCUT2D eigenvalue weighted by Crippen LogP contribution is -1.96. The van der Waals surface area contributed by atoms with Crippen molar-refractivity contribution < 1.29 is 4.42 Å². The Hall–Kier alpha value is -1.38. The number of aryl methyl sites for hydroxylation is 1. The highest BCUT2D eigenvalue weighted by Crippen LogP contribution is 2.23. The van der Waals surface area contributed by atoms with Crippen molar-refractivity contribution in [2.24, 2.45) is 5.10 Å². The highest BCUT2D eigenvalue weighted by Gasteiger charge is 2.09. The third-order valence-corrected chi connectivity index (χ3v) is 4.89. The molecule has 0 unspecified atom stereocenters. The van der Waals surface area contributed by atoms with Gasteiger partial charge in [-0.15, -0.1) is 10.2 Å². The number of nitrogens with zero attached hydrogens (tertiary/aromatic N) is 4. The number of benzene rings is 1. The van der Waals surface area contributed by atoms with Crippen LogP contribution in [0.2, 0.25) is 0 Å². The van der Waals surface area contributed by atoms with Crippen molar-refractivity contribution in [1.29, 1.82) is 0 Å². The quantitative estimate of drug-likeness (QED) is 0.406. The first-order valence-corrected chi connectivity index (χ1v) is 9.28. The second-order valence-corrected chi connectivity index (χ2v) is 7.28. The van der Waals surface area contributed by atoms with Gasteiger partial charge in [0.2, 0.25) is 5.16 Å². The van der Waals surface area contributed by atoms with E-state index in [0.717, 1.165) is 21.2 Å². The molecule has 118 valence electrons. The van der Waals surface area contributed by atoms with Crippen molar-refractivity contribution in [3.8, 4) is 0 Å². The Balaban J connectivity index is 1.73. The van der Waals surface area contributed by atoms with Crippen LogP contribution in [0.5, 0.6) is 0 Å². The molecule has 0 saturated carbocycles. The second-order valence-electron chi connectivity index (χ2n) is 4.64. The molecule has 0 radical (unpaired) electrons. The van der Waals surface area contributed by atoms with Crippen molar-refractivity contribution in [3.63, 3.8) is 0 Å². The van der Waals surface area contributed by atoms with Gasteiger partial charge in [-0.05, 0) is 52.7 Å². The van der Waals surface area contributed by atoms with E-state index < -0.39 is 0 Å². The lowest BCUT2D eigenvalue weighted by atomic mass is 10.2. The monoisotopic (exact) mass is 454 g/mol. The third kappa shape index (κ3) is 4.33. The fourth-order valence-electron chi connectivity index (χ4n) is 1.80. The van der Waals surface area contributed by atoms with Gasteiger partial charge in [-0.3, -0.25) is 0 Å². The van der Waals surface area contributed by atoms with Gasteiger partial charge in [0.25, 0.3) is 0 Å². The number of hydrogen-bond acceptors (Lipinski definition) is 5. The van der Waals surface area contributed by atoms with Crippen LogP contribution in [0.1, 0.15) is 17.1 Å². The molecule has 5 nitrogen and oxygen atoms in total. The highest BCUT2D eigenvalue weighted by atomic mass is 79.9. The van der Waals surface area contributed by atoms with E-state index in [-0.39, 0.29) is 0 Å². The first-order chi connectivity index (χ1) is 11.1. The minimum atomic E-state index is 0.661. The molecular weight excluding hydrogens is 444 g/mol. The van der Waals surface area contributed by atoms with Crippen LogP contribution in [0.15, 0.2) is 60.2 Å². The van der Waals surface area contributed by atoms with Gasteiger partial charge in [-0.2, -0.15) is 9.78 Å². The summed E-state index contributed by atoms with van der Waals surface area (Å²) in [5, 5.41) is 13.4. The summed E-state index contributed by atoms with van der Waals surface area (Å²) in [6.07, 6.45) is 1.64. The van der Waals surface area contributed by atoms with E-state index in [0.29, 0.717) is 10.4 Å². The zero-order valence-corrected chi connectivity index (χ0v) is 16.1. The summed E-state index contributed by atoms with van der Waals surface area (Å²) in [5.74, 6) is 2.19. The Bertz CT molecular complexity index is 826. The maximum atomic E-state index is 5.40. The van der Waals surface area contributed by atoms with E-state index in [1.165, 1.54) is 5.56 Å². The van der Waals surface area contributed by atoms with Crippen LogP contribution < -0.4 is 0 Å². The molecule has 0 aliphatic heterocycles. The number of rotatable bonds is 5. The number of hydrogen-bond donors (Lipinski definition) is 0. The summed E-state index contributed by atoms with van der Waals surface area (Å²) in [7, 11) is 0. The molecule has 0 aliphatic rings. The number of aromatic nitrogens is 3. The molecule has 1 aromatic carbocycles. The molecule has 2 aromatic heterocycles. The Morgan fingerprint density at radius 2 is 1.96 bits per heavy atom. The van der Waals surface area contributed by atoms with E-state index in [4.69, 9.17) is 4.42 Å². The molecule has 23 heavy (non-hydrogen) atoms. The van der Waals surface area contributed by atoms with E-state index in [2.05, 4.69) is 59.3 Å². The van der Waals surface area contributed by atoms with Gasteiger partial charge in [0.05, 0.1) is 6.21 Å². The van der Waals surface area contributed by atoms with E-state index >= 15 is 0 Å². The molecule has 3 aromatic rings. The predicted molar refractivity (Wildman–Crippen MR) is 97.9 cm³/mol. The Morgan fingerprint density at radius 1 is 1.17 bits per heavy atom. The number of furan rings is 1. The smallest absolute Gasteiger partial charge is 0.212 e. The zero-order chi connectivity index (χ0) is 16.2. The van der Waals surface area contributed by atoms with E-state index in [9.17, 15) is 0 Å². The summed E-state index contributed by atoms with van der Waals surface area (Å²) in [4.78, 5) is 0. The van der Waals surface area contributed by atoms with Gasteiger partial charge in [0, 0.05) is 10.2 Å². The maximum Gasteiger partial charge on any atom is 0.212 e. The molecule has 8 heteroatoms. The fraction of sp³-hybridized carbons (Fsp3) is 0.133. The summed E-state index contributed by atoms with van der Waals surface area (Å²) >= 11 is 8.29. The molecular formula is C15H12Br2N4OS. The molecule has 0 N–H and O–H groups in total. The zero-order valence-electron chi connectivity index (χ0n) is 12.1. The standard InChI is InChI=1S/C15H12Br2N4OS/c1-10-19-20-15(23-9-11-2-4-12(16)5-3-11)21(10)18-8-13-6-7-14(17)22-13/h2-8H,9H2,1H3/b18-8-. The fourth-order valence-corrected chi connectivity index (χ4v) is 3.27. The Morgan fingerprint density at radius 3 is 2.65 bits per heavy atom. The molecule has 0 atom stereocenters. The number of halogens is 2. The first kappa shape index (κ1) is 16.5. The van der Waals surface area contributed by atoms with Gasteiger partial charge in [-0.1, -0.05) is 39.8 Å². The first-order valence-electron chi connectivity index (χ1n) is 6.71. The largest absolute Gasteiger partial charge is 0.448 e. The highest BCUT2D eigenvalue weighted by molar-refractivity contribution is 9.10. The molecule has 0 fully saturated rings. The van der Waals surface area contributed by atoms with Crippen LogP contribution in [0.4, 0.5) is 0 Å². The Labute approximate surface area is 154 Å². The topological polar surface area (TPSA) is 56.2 Å². The summed E-state index contributed by atoms with van der Waals surface area (Å²) < 4.78 is 8.85. The molecule has 0 saturated heterocycles. The number of thioether (sulfide) groups is 1. The molecule has 0 bridgehead atoms. The van der Waals surface area contributed by atoms with Crippen LogP contribution in [0.3, 0.4) is 0 Å². The van der Waals surface area contributed by atoms with Gasteiger partial charge in [-0.25, -0.2) is 0 Å². The molecule has 0 amide bonds. The van der Waals surface area contributed by atoms with E-state index in [1.54, 1.807) is 22.7 Å². The van der Waals surface area contributed by atoms with Gasteiger partial charge in [0.1, 0.15) is 5.76 Å². The van der Waals surface area contributed by atoms with Crippen LogP contribution in [0, 0.1) is 6.92 Å². The third-order valence-electron chi connectivity index (χ3n) is 2.94. The van der Waals surface area contributed by atoms with Gasteiger partial charge in [0.15, 0.2) is 10.5 Å². The van der Waals surface area contributed by atoms with Crippen LogP contribution in [0.25, 0.3) is 0 Å². The van der Waals surface area contributed by atoms with Crippen molar-refractivity contribution in [1.82, 2.24) is 14.9 Å². The maximum absolute atomic E-state index is 5.40. The summed E-state index contributed by atoms with van der Waals surface area (Å²) in [6.45, 7) is 1.87. The molecule has 0 spiro atoms. The van der Waals surface area contributed by atoms with Crippen LogP contribution in [-0.4, -0.2) is 21.1 Å². The predicted octanol–water partition coefficient (Wildman–Crippen LogP) is 4.88. The molecule has 3 rings (SSSR count). The molecule has 0 aliphatic carbocycles. The van der Waals surface area contributed by atoms with Crippen LogP contribution >= 0.6 is 43.6 Å². The Kier molecular flexibility index (Phi) is 5.34. The molecule has 2 heterocycles. The average Bonchev–Trinajstić information content (AvgIpc) is 3.11. The lowest BCUT2D eigenvalue weighted by Gasteiger charge is -2.02. The van der Waals surface area contributed by atoms with Gasteiger partial charge < -0.3 is 4.42 Å². The van der Waals surface area contributed by atoms with Gasteiger partial charge >= 0.3 is 0 Å².